The molecule has 1 atom stereocenters. The van der Waals surface area contributed by atoms with Crippen LogP contribution in [0.15, 0.2) is 36.7 Å². The van der Waals surface area contributed by atoms with Crippen molar-refractivity contribution in [3.05, 3.63) is 47.8 Å². The van der Waals surface area contributed by atoms with E-state index in [-0.39, 0.29) is 5.91 Å². The van der Waals surface area contributed by atoms with E-state index >= 15 is 0 Å². The second kappa shape index (κ2) is 8.17. The second-order valence-electron chi connectivity index (χ2n) is 6.72. The zero-order valence-corrected chi connectivity index (χ0v) is 15.7. The first-order valence-corrected chi connectivity index (χ1v) is 9.10. The van der Waals surface area contributed by atoms with Crippen LogP contribution in [0.4, 0.5) is 5.82 Å². The number of ether oxygens (including phenoxy) is 1. The first-order chi connectivity index (χ1) is 12.6. The van der Waals surface area contributed by atoms with Gasteiger partial charge in [0.2, 0.25) is 5.88 Å². The maximum absolute atomic E-state index is 13.0. The number of amides is 1. The smallest absolute Gasteiger partial charge is 0.259 e. The Morgan fingerprint density at radius 3 is 2.92 bits per heavy atom. The van der Waals surface area contributed by atoms with Crippen molar-refractivity contribution in [2.24, 2.45) is 0 Å². The molecule has 1 amide bonds. The van der Waals surface area contributed by atoms with E-state index in [1.807, 2.05) is 37.0 Å². The predicted octanol–water partition coefficient (Wildman–Crippen LogP) is 2.96. The largest absolute Gasteiger partial charge is 0.477 e. The van der Waals surface area contributed by atoms with Crippen molar-refractivity contribution in [3.8, 4) is 5.88 Å². The summed E-state index contributed by atoms with van der Waals surface area (Å²) >= 11 is 0. The molecular weight excluding hydrogens is 328 g/mol. The fraction of sp³-hybridized carbons (Fsp3) is 0.450. The average Bonchev–Trinajstić information content (AvgIpc) is 2.68. The highest BCUT2D eigenvalue weighted by Gasteiger charge is 2.27. The molecule has 0 N–H and O–H groups in total. The molecule has 1 aliphatic heterocycles. The highest BCUT2D eigenvalue weighted by molar-refractivity contribution is 5.96. The summed E-state index contributed by atoms with van der Waals surface area (Å²) in [6.07, 6.45) is 5.56. The summed E-state index contributed by atoms with van der Waals surface area (Å²) in [5.41, 5.74) is 1.77. The van der Waals surface area contributed by atoms with Crippen molar-refractivity contribution in [3.63, 3.8) is 0 Å². The number of nitrogens with zero attached hydrogens (tertiary/aromatic N) is 4. The molecule has 1 fully saturated rings. The molecule has 138 valence electrons. The Morgan fingerprint density at radius 1 is 1.31 bits per heavy atom. The molecule has 0 radical (unpaired) electrons. The standard InChI is InChI=1S/C20H26N4O2/c1-4-26-19-17(8-5-10-22-19)20(25)24-12-6-7-16(14-24)15-9-11-21-18(13-15)23(2)3/h5,8-11,13,16H,4,6-7,12,14H2,1-3H3/t16-/m0/s1. The maximum atomic E-state index is 13.0. The van der Waals surface area contributed by atoms with Crippen LogP contribution >= 0.6 is 0 Å². The number of aromatic nitrogens is 2. The van der Waals surface area contributed by atoms with Crippen molar-refractivity contribution in [1.29, 1.82) is 0 Å². The van der Waals surface area contributed by atoms with E-state index in [1.165, 1.54) is 5.56 Å². The lowest BCUT2D eigenvalue weighted by Gasteiger charge is -2.33. The lowest BCUT2D eigenvalue weighted by atomic mass is 9.91. The SMILES string of the molecule is CCOc1ncccc1C(=O)N1CCC[C@H](c2ccnc(N(C)C)c2)C1. The van der Waals surface area contributed by atoms with E-state index in [0.29, 0.717) is 30.5 Å². The molecule has 1 aliphatic rings. The third-order valence-corrected chi connectivity index (χ3v) is 4.69. The summed E-state index contributed by atoms with van der Waals surface area (Å²) in [5.74, 6) is 1.67. The Balaban J connectivity index is 1.78. The molecule has 0 spiro atoms. The minimum Gasteiger partial charge on any atom is -0.477 e. The van der Waals surface area contributed by atoms with Gasteiger partial charge in [-0.05, 0) is 49.6 Å². The van der Waals surface area contributed by atoms with Gasteiger partial charge in [-0.1, -0.05) is 0 Å². The van der Waals surface area contributed by atoms with Crippen LogP contribution in [-0.2, 0) is 0 Å². The summed E-state index contributed by atoms with van der Waals surface area (Å²) in [6.45, 7) is 3.85. The van der Waals surface area contributed by atoms with Gasteiger partial charge in [-0.2, -0.15) is 0 Å². The summed E-state index contributed by atoms with van der Waals surface area (Å²) in [7, 11) is 3.97. The van der Waals surface area contributed by atoms with Crippen molar-refractivity contribution < 1.29 is 9.53 Å². The van der Waals surface area contributed by atoms with E-state index in [9.17, 15) is 4.79 Å². The van der Waals surface area contributed by atoms with Crippen LogP contribution in [0.25, 0.3) is 0 Å². The summed E-state index contributed by atoms with van der Waals surface area (Å²) in [5, 5.41) is 0. The average molecular weight is 354 g/mol. The Kier molecular flexibility index (Phi) is 5.71. The number of rotatable bonds is 5. The van der Waals surface area contributed by atoms with Gasteiger partial charge in [0.25, 0.3) is 5.91 Å². The number of hydrogen-bond donors (Lipinski definition) is 0. The fourth-order valence-corrected chi connectivity index (χ4v) is 3.34. The molecular formula is C20H26N4O2. The summed E-state index contributed by atoms with van der Waals surface area (Å²) in [4.78, 5) is 25.5. The van der Waals surface area contributed by atoms with E-state index in [2.05, 4.69) is 22.1 Å². The number of pyridine rings is 2. The molecule has 0 bridgehead atoms. The highest BCUT2D eigenvalue weighted by Crippen LogP contribution is 2.30. The number of likely N-dealkylation sites (tertiary alicyclic amines) is 1. The molecule has 0 aromatic carbocycles. The Labute approximate surface area is 154 Å². The van der Waals surface area contributed by atoms with Gasteiger partial charge >= 0.3 is 0 Å². The van der Waals surface area contributed by atoms with Gasteiger partial charge in [0.1, 0.15) is 11.4 Å². The van der Waals surface area contributed by atoms with Crippen LogP contribution in [0.5, 0.6) is 5.88 Å². The molecule has 26 heavy (non-hydrogen) atoms. The molecule has 1 saturated heterocycles. The topological polar surface area (TPSA) is 58.6 Å². The first kappa shape index (κ1) is 18.2. The summed E-state index contributed by atoms with van der Waals surface area (Å²) in [6, 6.07) is 7.75. The third-order valence-electron chi connectivity index (χ3n) is 4.69. The molecule has 3 rings (SSSR count). The highest BCUT2D eigenvalue weighted by atomic mass is 16.5. The van der Waals surface area contributed by atoms with Gasteiger partial charge in [-0.3, -0.25) is 4.79 Å². The van der Waals surface area contributed by atoms with E-state index in [1.54, 1.807) is 18.3 Å². The number of hydrogen-bond acceptors (Lipinski definition) is 5. The van der Waals surface area contributed by atoms with Gasteiger partial charge in [0, 0.05) is 45.5 Å². The lowest BCUT2D eigenvalue weighted by molar-refractivity contribution is 0.0702. The molecule has 0 saturated carbocycles. The van der Waals surface area contributed by atoms with E-state index in [0.717, 1.165) is 25.2 Å². The molecule has 6 heteroatoms. The van der Waals surface area contributed by atoms with Crippen LogP contribution < -0.4 is 9.64 Å². The Hall–Kier alpha value is -2.63. The monoisotopic (exact) mass is 354 g/mol. The molecule has 2 aromatic heterocycles. The van der Waals surface area contributed by atoms with Crippen LogP contribution in [0.3, 0.4) is 0 Å². The maximum Gasteiger partial charge on any atom is 0.259 e. The number of piperidine rings is 1. The molecule has 2 aromatic rings. The lowest BCUT2D eigenvalue weighted by Crippen LogP contribution is -2.39. The van der Waals surface area contributed by atoms with Crippen molar-refractivity contribution in [2.45, 2.75) is 25.7 Å². The van der Waals surface area contributed by atoms with Gasteiger partial charge in [-0.25, -0.2) is 9.97 Å². The Morgan fingerprint density at radius 2 is 2.15 bits per heavy atom. The number of carbonyl (C=O) groups is 1. The van der Waals surface area contributed by atoms with Crippen molar-refractivity contribution >= 4 is 11.7 Å². The van der Waals surface area contributed by atoms with Crippen molar-refractivity contribution in [1.82, 2.24) is 14.9 Å². The summed E-state index contributed by atoms with van der Waals surface area (Å²) < 4.78 is 5.53. The van der Waals surface area contributed by atoms with Crippen LogP contribution in [-0.4, -0.2) is 54.6 Å². The van der Waals surface area contributed by atoms with Crippen LogP contribution in [0.2, 0.25) is 0 Å². The normalized spacial score (nSPS) is 17.0. The van der Waals surface area contributed by atoms with Crippen LogP contribution in [0, 0.1) is 0 Å². The van der Waals surface area contributed by atoms with Gasteiger partial charge in [0.15, 0.2) is 0 Å². The second-order valence-corrected chi connectivity index (χ2v) is 6.72. The van der Waals surface area contributed by atoms with Gasteiger partial charge < -0.3 is 14.5 Å². The molecule has 0 unspecified atom stereocenters. The quantitative estimate of drug-likeness (QED) is 0.826. The zero-order chi connectivity index (χ0) is 18.5. The fourth-order valence-electron chi connectivity index (χ4n) is 3.34. The number of carbonyl (C=O) groups excluding carboxylic acids is 1. The van der Waals surface area contributed by atoms with E-state index in [4.69, 9.17) is 4.74 Å². The van der Waals surface area contributed by atoms with E-state index < -0.39 is 0 Å². The zero-order valence-electron chi connectivity index (χ0n) is 15.7. The van der Waals surface area contributed by atoms with Gasteiger partial charge in [-0.15, -0.1) is 0 Å². The first-order valence-electron chi connectivity index (χ1n) is 9.10. The number of anilines is 1. The molecule has 3 heterocycles. The minimum absolute atomic E-state index is 0.00635. The van der Waals surface area contributed by atoms with Crippen molar-refractivity contribution in [2.75, 3.05) is 38.7 Å². The third kappa shape index (κ3) is 3.95. The molecule has 0 aliphatic carbocycles. The van der Waals surface area contributed by atoms with Crippen LogP contribution in [0.1, 0.15) is 41.6 Å². The predicted molar refractivity (Wildman–Crippen MR) is 102 cm³/mol. The Bertz CT molecular complexity index is 763. The molecule has 6 nitrogen and oxygen atoms in total. The van der Waals surface area contributed by atoms with Gasteiger partial charge in [0.05, 0.1) is 6.61 Å². The minimum atomic E-state index is -0.00635.